The fourth-order valence-corrected chi connectivity index (χ4v) is 4.80. The first kappa shape index (κ1) is 17.0. The minimum Gasteiger partial charge on any atom is -0.341 e. The van der Waals surface area contributed by atoms with Gasteiger partial charge in [0, 0.05) is 51.0 Å². The van der Waals surface area contributed by atoms with E-state index in [4.69, 9.17) is 0 Å². The lowest BCUT2D eigenvalue weighted by Crippen LogP contribution is -2.40. The largest absolute Gasteiger partial charge is 0.341 e. The van der Waals surface area contributed by atoms with Crippen molar-refractivity contribution in [3.8, 4) is 0 Å². The zero-order chi connectivity index (χ0) is 17.3. The number of likely N-dealkylation sites (tertiary alicyclic amines) is 1. The maximum atomic E-state index is 12.0. The van der Waals surface area contributed by atoms with Crippen LogP contribution < -0.4 is 5.32 Å². The highest BCUT2D eigenvalue weighted by molar-refractivity contribution is 5.78. The summed E-state index contributed by atoms with van der Waals surface area (Å²) in [6.07, 6.45) is 9.64. The number of carbonyl (C=O) groups excluding carboxylic acids is 1. The van der Waals surface area contributed by atoms with E-state index in [1.54, 1.807) is 0 Å². The van der Waals surface area contributed by atoms with Gasteiger partial charge in [0.2, 0.25) is 5.91 Å². The number of imidazole rings is 1. The summed E-state index contributed by atoms with van der Waals surface area (Å²) >= 11 is 0. The first-order valence-corrected chi connectivity index (χ1v) is 9.94. The number of nitrogens with one attached hydrogen (secondary N) is 1. The summed E-state index contributed by atoms with van der Waals surface area (Å²) < 4.78 is 2.24. The number of amides is 1. The molecule has 6 heteroatoms. The lowest BCUT2D eigenvalue weighted by atomic mass is 9.93. The summed E-state index contributed by atoms with van der Waals surface area (Å²) in [4.78, 5) is 21.2. The third kappa shape index (κ3) is 3.47. The molecule has 25 heavy (non-hydrogen) atoms. The average molecular weight is 345 g/mol. The lowest BCUT2D eigenvalue weighted by molar-refractivity contribution is -0.127. The molecule has 1 amide bonds. The van der Waals surface area contributed by atoms with E-state index < -0.39 is 0 Å². The van der Waals surface area contributed by atoms with Gasteiger partial charge in [0.05, 0.1) is 6.54 Å². The van der Waals surface area contributed by atoms with Crippen LogP contribution in [0.25, 0.3) is 0 Å². The van der Waals surface area contributed by atoms with Crippen LogP contribution in [-0.2, 0) is 17.9 Å². The van der Waals surface area contributed by atoms with Crippen molar-refractivity contribution in [3.05, 3.63) is 18.2 Å². The predicted octanol–water partition coefficient (Wildman–Crippen LogP) is 1.47. The van der Waals surface area contributed by atoms with Gasteiger partial charge in [0.25, 0.3) is 0 Å². The highest BCUT2D eigenvalue weighted by atomic mass is 16.2. The van der Waals surface area contributed by atoms with Crippen LogP contribution >= 0.6 is 0 Å². The minimum atomic E-state index is 0.336. The SMILES string of the molecule is CCn1ccnc1CN(CCN1CCCC1=O)C1CC12CCNCC2. The van der Waals surface area contributed by atoms with Crippen molar-refractivity contribution >= 4 is 5.91 Å². The topological polar surface area (TPSA) is 53.4 Å². The molecule has 3 fully saturated rings. The van der Waals surface area contributed by atoms with Gasteiger partial charge in [0.1, 0.15) is 5.82 Å². The third-order valence-corrected chi connectivity index (χ3v) is 6.50. The van der Waals surface area contributed by atoms with Crippen LogP contribution in [0.1, 0.15) is 44.9 Å². The molecule has 1 saturated carbocycles. The molecule has 0 radical (unpaired) electrons. The van der Waals surface area contributed by atoms with Gasteiger partial charge in [-0.15, -0.1) is 0 Å². The predicted molar refractivity (Wildman–Crippen MR) is 97.1 cm³/mol. The van der Waals surface area contributed by atoms with Crippen molar-refractivity contribution in [2.45, 2.75) is 58.2 Å². The number of hydrogen-bond acceptors (Lipinski definition) is 4. The molecule has 6 nitrogen and oxygen atoms in total. The Morgan fingerprint density at radius 2 is 2.24 bits per heavy atom. The van der Waals surface area contributed by atoms with Crippen LogP contribution in [0.15, 0.2) is 12.4 Å². The van der Waals surface area contributed by atoms with E-state index in [9.17, 15) is 4.79 Å². The normalized spacial score (nSPS) is 25.3. The summed E-state index contributed by atoms with van der Waals surface area (Å²) in [6, 6.07) is 0.661. The van der Waals surface area contributed by atoms with E-state index in [0.29, 0.717) is 17.4 Å². The Labute approximate surface area is 150 Å². The van der Waals surface area contributed by atoms with E-state index in [2.05, 4.69) is 37.8 Å². The molecular weight excluding hydrogens is 314 g/mol. The van der Waals surface area contributed by atoms with E-state index >= 15 is 0 Å². The minimum absolute atomic E-state index is 0.336. The van der Waals surface area contributed by atoms with Crippen molar-refractivity contribution < 1.29 is 4.79 Å². The molecule has 0 bridgehead atoms. The van der Waals surface area contributed by atoms with Crippen molar-refractivity contribution in [1.29, 1.82) is 0 Å². The highest BCUT2D eigenvalue weighted by Crippen LogP contribution is 2.55. The van der Waals surface area contributed by atoms with Crippen molar-refractivity contribution in [2.75, 3.05) is 32.7 Å². The van der Waals surface area contributed by atoms with Crippen molar-refractivity contribution in [2.24, 2.45) is 5.41 Å². The molecule has 4 rings (SSSR count). The molecule has 1 aliphatic carbocycles. The summed E-state index contributed by atoms with van der Waals surface area (Å²) in [5, 5.41) is 3.50. The lowest BCUT2D eigenvalue weighted by Gasteiger charge is -2.30. The van der Waals surface area contributed by atoms with E-state index in [1.165, 1.54) is 19.3 Å². The van der Waals surface area contributed by atoms with Crippen LogP contribution in [0, 0.1) is 5.41 Å². The number of aryl methyl sites for hydroxylation is 1. The van der Waals surface area contributed by atoms with Crippen molar-refractivity contribution in [3.63, 3.8) is 0 Å². The van der Waals surface area contributed by atoms with Gasteiger partial charge in [0.15, 0.2) is 0 Å². The standard InChI is InChI=1S/C19H31N5O/c1-2-22-11-9-21-17(22)15-24(13-12-23-10-3-4-18(23)25)16-14-19(16)5-7-20-8-6-19/h9,11,16,20H,2-8,10,12-15H2,1H3. The number of rotatable bonds is 7. The Morgan fingerprint density at radius 1 is 1.40 bits per heavy atom. The fraction of sp³-hybridized carbons (Fsp3) is 0.789. The molecule has 2 saturated heterocycles. The molecule has 3 heterocycles. The Morgan fingerprint density at radius 3 is 2.96 bits per heavy atom. The summed E-state index contributed by atoms with van der Waals surface area (Å²) in [7, 11) is 0. The monoisotopic (exact) mass is 345 g/mol. The van der Waals surface area contributed by atoms with Crippen molar-refractivity contribution in [1.82, 2.24) is 24.7 Å². The first-order valence-electron chi connectivity index (χ1n) is 9.94. The second kappa shape index (κ2) is 7.08. The maximum absolute atomic E-state index is 12.0. The van der Waals surface area contributed by atoms with E-state index in [1.807, 2.05) is 6.20 Å². The number of piperidine rings is 1. The Hall–Kier alpha value is -1.40. The Balaban J connectivity index is 1.44. The van der Waals surface area contributed by atoms with Crippen LogP contribution in [0.5, 0.6) is 0 Å². The van der Waals surface area contributed by atoms with Crippen LogP contribution in [0.4, 0.5) is 0 Å². The molecule has 0 aromatic carbocycles. The Kier molecular flexibility index (Phi) is 4.82. The van der Waals surface area contributed by atoms with E-state index in [0.717, 1.165) is 64.5 Å². The van der Waals surface area contributed by atoms with Crippen LogP contribution in [0.3, 0.4) is 0 Å². The van der Waals surface area contributed by atoms with Gasteiger partial charge in [-0.05, 0) is 51.1 Å². The van der Waals surface area contributed by atoms with Crippen LogP contribution in [-0.4, -0.2) is 64.0 Å². The number of carbonyl (C=O) groups is 1. The zero-order valence-electron chi connectivity index (χ0n) is 15.4. The maximum Gasteiger partial charge on any atom is 0.222 e. The summed E-state index contributed by atoms with van der Waals surface area (Å²) in [6.45, 7) is 9.13. The average Bonchev–Trinajstić information content (AvgIpc) is 2.98. The second-order valence-electron chi connectivity index (χ2n) is 7.92. The molecule has 2 aliphatic heterocycles. The quantitative estimate of drug-likeness (QED) is 0.813. The molecule has 138 valence electrons. The fourth-order valence-electron chi connectivity index (χ4n) is 4.80. The van der Waals surface area contributed by atoms with Gasteiger partial charge in [-0.3, -0.25) is 9.69 Å². The van der Waals surface area contributed by atoms with Gasteiger partial charge in [-0.1, -0.05) is 0 Å². The summed E-state index contributed by atoms with van der Waals surface area (Å²) in [5.41, 5.74) is 0.518. The number of nitrogens with zero attached hydrogens (tertiary/aromatic N) is 4. The summed E-state index contributed by atoms with van der Waals surface area (Å²) in [5.74, 6) is 1.49. The van der Waals surface area contributed by atoms with Crippen LogP contribution in [0.2, 0.25) is 0 Å². The van der Waals surface area contributed by atoms with Gasteiger partial charge >= 0.3 is 0 Å². The molecule has 1 aromatic rings. The van der Waals surface area contributed by atoms with Gasteiger partial charge < -0.3 is 14.8 Å². The molecule has 1 N–H and O–H groups in total. The number of hydrogen-bond donors (Lipinski definition) is 1. The number of aromatic nitrogens is 2. The zero-order valence-corrected chi connectivity index (χ0v) is 15.4. The molecule has 1 spiro atoms. The highest BCUT2D eigenvalue weighted by Gasteiger charge is 2.56. The molecule has 1 unspecified atom stereocenters. The third-order valence-electron chi connectivity index (χ3n) is 6.50. The first-order chi connectivity index (χ1) is 12.2. The molecule has 1 atom stereocenters. The smallest absolute Gasteiger partial charge is 0.222 e. The molecule has 3 aliphatic rings. The second-order valence-corrected chi connectivity index (χ2v) is 7.92. The van der Waals surface area contributed by atoms with E-state index in [-0.39, 0.29) is 0 Å². The molecule has 1 aromatic heterocycles. The Bertz CT molecular complexity index is 607. The molecular formula is C19H31N5O. The van der Waals surface area contributed by atoms with Gasteiger partial charge in [-0.25, -0.2) is 4.98 Å². The van der Waals surface area contributed by atoms with Gasteiger partial charge in [-0.2, -0.15) is 0 Å².